The number of likely N-dealkylation sites (tertiary alicyclic amines) is 1. The first-order valence-electron chi connectivity index (χ1n) is 27.7. The molecular formula is C62H83N9O7. The van der Waals surface area contributed by atoms with E-state index in [0.717, 1.165) is 52.6 Å². The van der Waals surface area contributed by atoms with E-state index in [1.54, 1.807) is 49.7 Å². The molecule has 16 nitrogen and oxygen atoms in total. The summed E-state index contributed by atoms with van der Waals surface area (Å²) in [5, 5.41) is 18.3. The zero-order chi connectivity index (χ0) is 56.6. The van der Waals surface area contributed by atoms with Gasteiger partial charge in [0.05, 0.1) is 18.1 Å². The summed E-state index contributed by atoms with van der Waals surface area (Å²) in [5.41, 5.74) is 5.03. The number of amides is 7. The molecular weight excluding hydrogens is 983 g/mol. The van der Waals surface area contributed by atoms with Crippen LogP contribution in [-0.2, 0) is 65.9 Å². The van der Waals surface area contributed by atoms with Crippen LogP contribution in [-0.4, -0.2) is 126 Å². The van der Waals surface area contributed by atoms with Crippen molar-refractivity contribution in [3.8, 4) is 0 Å². The highest BCUT2D eigenvalue weighted by atomic mass is 16.2. The summed E-state index contributed by atoms with van der Waals surface area (Å²) in [6, 6.07) is 26.9. The van der Waals surface area contributed by atoms with E-state index in [2.05, 4.69) is 44.0 Å². The van der Waals surface area contributed by atoms with Crippen molar-refractivity contribution in [2.75, 3.05) is 27.7 Å². The van der Waals surface area contributed by atoms with Crippen LogP contribution in [0.5, 0.6) is 0 Å². The Hall–Kier alpha value is -6.91. The maximum atomic E-state index is 15.2. The van der Waals surface area contributed by atoms with Crippen molar-refractivity contribution in [1.82, 2.24) is 46.6 Å². The van der Waals surface area contributed by atoms with E-state index in [9.17, 15) is 19.2 Å². The largest absolute Gasteiger partial charge is 0.347 e. The van der Waals surface area contributed by atoms with Crippen LogP contribution in [0, 0.1) is 10.8 Å². The van der Waals surface area contributed by atoms with E-state index in [1.807, 2.05) is 133 Å². The number of nitrogens with one attached hydrogen (secondary N) is 6. The van der Waals surface area contributed by atoms with Gasteiger partial charge < -0.3 is 46.6 Å². The molecule has 7 rings (SSSR count). The zero-order valence-electron chi connectivity index (χ0n) is 47.6. The number of likely N-dealkylation sites (N-methyl/N-ethyl adjacent to an activating group) is 3. The van der Waals surface area contributed by atoms with Gasteiger partial charge in [0.25, 0.3) is 0 Å². The number of carbonyl (C=O) groups is 7. The molecule has 2 aliphatic heterocycles. The second-order valence-corrected chi connectivity index (χ2v) is 23.9. The minimum absolute atomic E-state index is 0.0617. The fraction of sp³-hybridized carbons (Fsp3) is 0.500. The third-order valence-electron chi connectivity index (χ3n) is 16.0. The monoisotopic (exact) mass is 1070 g/mol. The molecule has 9 atom stereocenters. The molecule has 0 aromatic heterocycles. The molecule has 6 N–H and O–H groups in total. The Morgan fingerprint density at radius 3 is 1.79 bits per heavy atom. The molecule has 418 valence electrons. The van der Waals surface area contributed by atoms with Crippen molar-refractivity contribution in [3.63, 3.8) is 0 Å². The van der Waals surface area contributed by atoms with Gasteiger partial charge in [-0.1, -0.05) is 145 Å². The number of rotatable bonds is 18. The van der Waals surface area contributed by atoms with Crippen molar-refractivity contribution in [2.45, 2.75) is 161 Å². The van der Waals surface area contributed by atoms with Crippen molar-refractivity contribution >= 4 is 41.4 Å². The minimum atomic E-state index is -1.04. The highest BCUT2D eigenvalue weighted by Gasteiger charge is 2.48. The number of hydrogen-bond donors (Lipinski definition) is 6. The quantitative estimate of drug-likeness (QED) is 0.0747. The summed E-state index contributed by atoms with van der Waals surface area (Å²) in [6.07, 6.45) is 3.21. The smallest absolute Gasteiger partial charge is 0.246 e. The minimum Gasteiger partial charge on any atom is -0.347 e. The summed E-state index contributed by atoms with van der Waals surface area (Å²) in [4.78, 5) is 107. The van der Waals surface area contributed by atoms with Gasteiger partial charge in [-0.15, -0.1) is 0 Å². The standard InChI is InChI=1S/C62H83N9O7/c1-38(63-9)54(72)67-52(61(3,4)5)59(77)70-36-45-32-43(29-30-44(45)33-50(70)56(74)65-48-28-20-26-42-25-18-19-27-47(42)48)46-34-51(71(37-46)60(78)53(62(6,7)8)68-55(73)39(2)64-10)57(75)66-49(31-40-21-14-12-15-22-40)58(76)69(11)35-41-23-16-13-17-24-41/h12-19,21-25,27,29-30,32,38-39,46,48-53,63-64H,20,26,28,31,33-37H2,1-11H3,(H,65,74)(H,66,75)(H,67,72)(H,68,73)/t38-,39-,46+,48+,49-,50-,51-,52+,53+/m0/s1. The lowest BCUT2D eigenvalue weighted by atomic mass is 9.83. The summed E-state index contributed by atoms with van der Waals surface area (Å²) in [6.45, 7) is 15.2. The SMILES string of the molecule is CN[C@@H](C)C(=O)N[C@H](C(=O)N1C[C@H](c2ccc3c(c2)CN(C(=O)[C@@H](NC(=O)[C@H](C)NC)C(C)(C)C)[C@H](C(=O)N[C@@H]2CCCc4ccccc42)C3)C[C@H]1C(=O)N[C@@H](Cc1ccccc1)C(=O)N(C)Cc1ccccc1)C(C)(C)C. The van der Waals surface area contributed by atoms with E-state index in [4.69, 9.17) is 0 Å². The molecule has 4 aromatic rings. The summed E-state index contributed by atoms with van der Waals surface area (Å²) >= 11 is 0. The van der Waals surface area contributed by atoms with Crippen molar-refractivity contribution in [1.29, 1.82) is 0 Å². The van der Waals surface area contributed by atoms with Gasteiger partial charge in [-0.2, -0.15) is 0 Å². The third kappa shape index (κ3) is 14.0. The van der Waals surface area contributed by atoms with Crippen LogP contribution in [0.2, 0.25) is 0 Å². The fourth-order valence-electron chi connectivity index (χ4n) is 11.0. The van der Waals surface area contributed by atoms with Gasteiger partial charge in [0.15, 0.2) is 0 Å². The predicted octanol–water partition coefficient (Wildman–Crippen LogP) is 5.48. The van der Waals surface area contributed by atoms with E-state index in [1.165, 1.54) is 5.56 Å². The third-order valence-corrected chi connectivity index (χ3v) is 16.0. The molecule has 0 unspecified atom stereocenters. The molecule has 1 fully saturated rings. The van der Waals surface area contributed by atoms with Crippen LogP contribution in [0.1, 0.15) is 126 Å². The van der Waals surface area contributed by atoms with Gasteiger partial charge >= 0.3 is 0 Å². The highest BCUT2D eigenvalue weighted by molar-refractivity contribution is 5.96. The summed E-state index contributed by atoms with van der Waals surface area (Å²) in [5.74, 6) is -2.99. The normalized spacial score (nSPS) is 20.1. The number of fused-ring (bicyclic) bond motifs is 2. The van der Waals surface area contributed by atoms with E-state index in [0.29, 0.717) is 6.54 Å². The molecule has 78 heavy (non-hydrogen) atoms. The van der Waals surface area contributed by atoms with E-state index in [-0.39, 0.29) is 67.9 Å². The molecule has 0 radical (unpaired) electrons. The first kappa shape index (κ1) is 58.8. The van der Waals surface area contributed by atoms with Gasteiger partial charge in [-0.05, 0) is 103 Å². The average Bonchev–Trinajstić information content (AvgIpc) is 4.04. The molecule has 4 aromatic carbocycles. The van der Waals surface area contributed by atoms with Crippen LogP contribution >= 0.6 is 0 Å². The van der Waals surface area contributed by atoms with Crippen LogP contribution in [0.3, 0.4) is 0 Å². The molecule has 0 saturated carbocycles. The molecule has 1 saturated heterocycles. The van der Waals surface area contributed by atoms with Crippen LogP contribution in [0.4, 0.5) is 0 Å². The first-order valence-corrected chi connectivity index (χ1v) is 27.7. The summed E-state index contributed by atoms with van der Waals surface area (Å²) in [7, 11) is 5.06. The van der Waals surface area contributed by atoms with Gasteiger partial charge in [0.2, 0.25) is 41.4 Å². The molecule has 0 bridgehead atoms. The maximum Gasteiger partial charge on any atom is 0.246 e. The molecule has 1 aliphatic carbocycles. The summed E-state index contributed by atoms with van der Waals surface area (Å²) < 4.78 is 0. The predicted molar refractivity (Wildman–Crippen MR) is 302 cm³/mol. The second-order valence-electron chi connectivity index (χ2n) is 23.9. The highest BCUT2D eigenvalue weighted by Crippen LogP contribution is 2.38. The maximum absolute atomic E-state index is 15.2. The molecule has 0 spiro atoms. The number of nitrogens with zero attached hydrogens (tertiary/aromatic N) is 3. The second kappa shape index (κ2) is 25.3. The van der Waals surface area contributed by atoms with Crippen molar-refractivity contribution in [2.24, 2.45) is 10.8 Å². The van der Waals surface area contributed by atoms with Gasteiger partial charge in [0.1, 0.15) is 30.2 Å². The van der Waals surface area contributed by atoms with Crippen molar-refractivity contribution in [3.05, 3.63) is 142 Å². The van der Waals surface area contributed by atoms with E-state index < -0.39 is 70.9 Å². The van der Waals surface area contributed by atoms with Crippen molar-refractivity contribution < 1.29 is 33.6 Å². The fourth-order valence-corrected chi connectivity index (χ4v) is 11.0. The zero-order valence-corrected chi connectivity index (χ0v) is 47.6. The Kier molecular flexibility index (Phi) is 19.0. The number of carbonyl (C=O) groups excluding carboxylic acids is 7. The first-order chi connectivity index (χ1) is 37.0. The number of benzene rings is 4. The van der Waals surface area contributed by atoms with Crippen LogP contribution in [0.15, 0.2) is 103 Å². The molecule has 2 heterocycles. The van der Waals surface area contributed by atoms with E-state index >= 15 is 14.4 Å². The van der Waals surface area contributed by atoms with Crippen LogP contribution in [0.25, 0.3) is 0 Å². The Labute approximate surface area is 461 Å². The van der Waals surface area contributed by atoms with Gasteiger partial charge in [-0.3, -0.25) is 33.6 Å². The molecule has 16 heteroatoms. The average molecular weight is 1070 g/mol. The topological polar surface area (TPSA) is 201 Å². The Balaban J connectivity index is 1.24. The molecule has 7 amide bonds. The Bertz CT molecular complexity index is 2790. The number of aryl methyl sites for hydroxylation is 1. The Morgan fingerprint density at radius 2 is 1.21 bits per heavy atom. The van der Waals surface area contributed by atoms with Gasteiger partial charge in [-0.25, -0.2) is 0 Å². The number of hydrogen-bond acceptors (Lipinski definition) is 9. The van der Waals surface area contributed by atoms with Gasteiger partial charge in [0, 0.05) is 45.4 Å². The molecule has 3 aliphatic rings. The lowest BCUT2D eigenvalue weighted by Gasteiger charge is -2.42. The van der Waals surface area contributed by atoms with Crippen LogP contribution < -0.4 is 31.9 Å². The lowest BCUT2D eigenvalue weighted by molar-refractivity contribution is -0.147. The Morgan fingerprint density at radius 1 is 0.641 bits per heavy atom. The lowest BCUT2D eigenvalue weighted by Crippen LogP contribution is -2.62.